The maximum Gasteiger partial charge on any atom is 0.416 e. The molecule has 1 saturated carbocycles. The summed E-state index contributed by atoms with van der Waals surface area (Å²) < 4.78 is 44.4. The molecule has 25 heavy (non-hydrogen) atoms. The zero-order valence-corrected chi connectivity index (χ0v) is 13.5. The van der Waals surface area contributed by atoms with Gasteiger partial charge in [0.1, 0.15) is 0 Å². The Morgan fingerprint density at radius 1 is 1.28 bits per heavy atom. The Hall–Kier alpha value is -2.57. The van der Waals surface area contributed by atoms with E-state index in [0.717, 1.165) is 6.07 Å². The number of carbonyl (C=O) groups excluding carboxylic acids is 1. The predicted molar refractivity (Wildman–Crippen MR) is 84.9 cm³/mol. The Bertz CT molecular complexity index is 777. The summed E-state index contributed by atoms with van der Waals surface area (Å²) in [6.07, 6.45) is -2.42. The minimum Gasteiger partial charge on any atom is -0.481 e. The van der Waals surface area contributed by atoms with Crippen LogP contribution in [-0.4, -0.2) is 18.0 Å². The summed E-state index contributed by atoms with van der Waals surface area (Å²) in [5.41, 5.74) is 0.240. The van der Waals surface area contributed by atoms with Gasteiger partial charge in [-0.1, -0.05) is 24.3 Å². The Balaban J connectivity index is 1.65. The van der Waals surface area contributed by atoms with E-state index in [2.05, 4.69) is 10.3 Å². The van der Waals surface area contributed by atoms with Crippen LogP contribution in [-0.2, 0) is 17.5 Å². The van der Waals surface area contributed by atoms with E-state index in [1.165, 1.54) is 19.2 Å². The first-order valence-corrected chi connectivity index (χ1v) is 7.83. The summed E-state index contributed by atoms with van der Waals surface area (Å²) in [6.45, 7) is 0.222. The van der Waals surface area contributed by atoms with Crippen molar-refractivity contribution >= 4 is 5.91 Å². The van der Waals surface area contributed by atoms with Crippen LogP contribution in [0.5, 0.6) is 5.88 Å². The van der Waals surface area contributed by atoms with Gasteiger partial charge in [-0.3, -0.25) is 4.79 Å². The molecule has 7 heteroatoms. The lowest BCUT2D eigenvalue weighted by atomic mass is 10.0. The number of nitrogens with one attached hydrogen (secondary N) is 1. The Morgan fingerprint density at radius 2 is 2.04 bits per heavy atom. The Labute approximate surface area is 143 Å². The van der Waals surface area contributed by atoms with E-state index in [0.29, 0.717) is 17.9 Å². The number of alkyl halides is 3. The third kappa shape index (κ3) is 3.75. The number of pyridine rings is 1. The normalized spacial score (nSPS) is 19.4. The van der Waals surface area contributed by atoms with Crippen LogP contribution in [0.15, 0.2) is 42.6 Å². The first kappa shape index (κ1) is 17.3. The van der Waals surface area contributed by atoms with Crippen molar-refractivity contribution < 1.29 is 22.7 Å². The van der Waals surface area contributed by atoms with Gasteiger partial charge in [0.2, 0.25) is 11.8 Å². The lowest BCUT2D eigenvalue weighted by Crippen LogP contribution is -2.25. The second kappa shape index (κ2) is 6.74. The molecule has 132 valence electrons. The molecule has 1 amide bonds. The molecule has 1 N–H and O–H groups in total. The van der Waals surface area contributed by atoms with Crippen molar-refractivity contribution in [3.8, 4) is 5.88 Å². The lowest BCUT2D eigenvalue weighted by Gasteiger charge is -2.12. The maximum atomic E-state index is 13.1. The molecule has 1 heterocycles. The number of methoxy groups -OCH3 is 1. The number of aromatic nitrogens is 1. The fraction of sp³-hybridized carbons (Fsp3) is 0.333. The first-order valence-electron chi connectivity index (χ1n) is 7.83. The van der Waals surface area contributed by atoms with E-state index >= 15 is 0 Å². The predicted octanol–water partition coefficient (Wildman–Crippen LogP) is 3.53. The minimum atomic E-state index is -4.41. The molecule has 0 spiro atoms. The van der Waals surface area contributed by atoms with Crippen molar-refractivity contribution in [2.24, 2.45) is 5.92 Å². The number of rotatable bonds is 5. The van der Waals surface area contributed by atoms with Crippen LogP contribution in [0.25, 0.3) is 0 Å². The van der Waals surface area contributed by atoms with Crippen molar-refractivity contribution in [1.82, 2.24) is 10.3 Å². The molecule has 3 rings (SSSR count). The number of carbonyl (C=O) groups is 1. The van der Waals surface area contributed by atoms with Gasteiger partial charge in [0.25, 0.3) is 0 Å². The van der Waals surface area contributed by atoms with Crippen molar-refractivity contribution in [2.45, 2.75) is 25.1 Å². The van der Waals surface area contributed by atoms with E-state index in [1.54, 1.807) is 24.4 Å². The van der Waals surface area contributed by atoms with Gasteiger partial charge >= 0.3 is 6.18 Å². The molecule has 1 aliphatic carbocycles. The number of ether oxygens (including phenoxy) is 1. The molecule has 4 nitrogen and oxygen atoms in total. The largest absolute Gasteiger partial charge is 0.481 e. The van der Waals surface area contributed by atoms with E-state index in [-0.39, 0.29) is 18.0 Å². The molecule has 0 aliphatic heterocycles. The van der Waals surface area contributed by atoms with Crippen LogP contribution in [0.4, 0.5) is 13.2 Å². The molecule has 0 bridgehead atoms. The van der Waals surface area contributed by atoms with Gasteiger partial charge in [0.05, 0.1) is 12.7 Å². The molecule has 2 atom stereocenters. The average molecular weight is 350 g/mol. The minimum absolute atomic E-state index is 0.189. The van der Waals surface area contributed by atoms with Crippen LogP contribution in [0.2, 0.25) is 0 Å². The second-order valence-corrected chi connectivity index (χ2v) is 5.92. The Kier molecular flexibility index (Phi) is 4.65. The van der Waals surface area contributed by atoms with E-state index in [1.807, 2.05) is 0 Å². The van der Waals surface area contributed by atoms with Crippen LogP contribution in [0.1, 0.15) is 29.0 Å². The molecular weight excluding hydrogens is 333 g/mol. The van der Waals surface area contributed by atoms with Crippen molar-refractivity contribution in [3.63, 3.8) is 0 Å². The molecule has 2 aromatic rings. The summed E-state index contributed by atoms with van der Waals surface area (Å²) >= 11 is 0. The fourth-order valence-corrected chi connectivity index (χ4v) is 2.96. The highest BCUT2D eigenvalue weighted by Gasteiger charge is 2.47. The van der Waals surface area contributed by atoms with Crippen LogP contribution in [0, 0.1) is 5.92 Å². The number of benzene rings is 1. The standard InChI is InChI=1S/C18H17F3N2O2/c1-25-17-11(5-4-8-22-17)10-23-16(24)14-9-13(14)12-6-2-3-7-15(12)18(19,20)21/h2-8,13-14H,9-10H2,1H3,(H,23,24)/t13-,14-/m0/s1. The van der Waals surface area contributed by atoms with Crippen LogP contribution >= 0.6 is 0 Å². The van der Waals surface area contributed by atoms with Gasteiger partial charge in [0, 0.05) is 24.2 Å². The summed E-state index contributed by atoms with van der Waals surface area (Å²) in [5.74, 6) is -0.676. The molecule has 1 aromatic heterocycles. The summed E-state index contributed by atoms with van der Waals surface area (Å²) in [7, 11) is 1.48. The molecule has 1 fully saturated rings. The van der Waals surface area contributed by atoms with Crippen LogP contribution < -0.4 is 10.1 Å². The highest BCUT2D eigenvalue weighted by molar-refractivity contribution is 5.83. The summed E-state index contributed by atoms with van der Waals surface area (Å²) in [6, 6.07) is 8.93. The second-order valence-electron chi connectivity index (χ2n) is 5.92. The highest BCUT2D eigenvalue weighted by Crippen LogP contribution is 2.51. The van der Waals surface area contributed by atoms with Gasteiger partial charge in [-0.25, -0.2) is 4.98 Å². The van der Waals surface area contributed by atoms with Gasteiger partial charge in [-0.05, 0) is 30.0 Å². The van der Waals surface area contributed by atoms with Gasteiger partial charge in [0.15, 0.2) is 0 Å². The Morgan fingerprint density at radius 3 is 2.76 bits per heavy atom. The van der Waals surface area contributed by atoms with Gasteiger partial charge in [-0.15, -0.1) is 0 Å². The molecular formula is C18H17F3N2O2. The quantitative estimate of drug-likeness (QED) is 0.898. The van der Waals surface area contributed by atoms with Gasteiger partial charge < -0.3 is 10.1 Å². The smallest absolute Gasteiger partial charge is 0.416 e. The number of nitrogens with zero attached hydrogens (tertiary/aromatic N) is 1. The third-order valence-corrected chi connectivity index (χ3v) is 4.29. The monoisotopic (exact) mass is 350 g/mol. The topological polar surface area (TPSA) is 51.2 Å². The third-order valence-electron chi connectivity index (χ3n) is 4.29. The molecule has 0 unspecified atom stereocenters. The fourth-order valence-electron chi connectivity index (χ4n) is 2.96. The van der Waals surface area contributed by atoms with E-state index in [4.69, 9.17) is 4.74 Å². The number of halogens is 3. The molecule has 0 radical (unpaired) electrons. The van der Waals surface area contributed by atoms with Crippen molar-refractivity contribution in [2.75, 3.05) is 7.11 Å². The first-order chi connectivity index (χ1) is 11.9. The van der Waals surface area contributed by atoms with Crippen LogP contribution in [0.3, 0.4) is 0 Å². The molecule has 1 aliphatic rings. The molecule has 0 saturated heterocycles. The van der Waals surface area contributed by atoms with Crippen molar-refractivity contribution in [3.05, 3.63) is 59.3 Å². The summed E-state index contributed by atoms with van der Waals surface area (Å²) in [4.78, 5) is 16.3. The lowest BCUT2D eigenvalue weighted by molar-refractivity contribution is -0.138. The highest BCUT2D eigenvalue weighted by atomic mass is 19.4. The SMILES string of the molecule is COc1ncccc1CNC(=O)[C@H]1C[C@H]1c1ccccc1C(F)(F)F. The van der Waals surface area contributed by atoms with Crippen molar-refractivity contribution in [1.29, 1.82) is 0 Å². The number of hydrogen-bond acceptors (Lipinski definition) is 3. The zero-order chi connectivity index (χ0) is 18.0. The maximum absolute atomic E-state index is 13.1. The summed E-state index contributed by atoms with van der Waals surface area (Å²) in [5, 5.41) is 2.75. The number of amides is 1. The molecule has 1 aromatic carbocycles. The van der Waals surface area contributed by atoms with E-state index in [9.17, 15) is 18.0 Å². The van der Waals surface area contributed by atoms with Gasteiger partial charge in [-0.2, -0.15) is 13.2 Å². The average Bonchev–Trinajstić information content (AvgIpc) is 3.40. The number of hydrogen-bond donors (Lipinski definition) is 1. The van der Waals surface area contributed by atoms with E-state index < -0.39 is 23.6 Å². The zero-order valence-electron chi connectivity index (χ0n) is 13.5.